The summed E-state index contributed by atoms with van der Waals surface area (Å²) in [4.78, 5) is 0. The fourth-order valence-electron chi connectivity index (χ4n) is 1.97. The number of sulfonamides is 1. The van der Waals surface area contributed by atoms with E-state index in [1.54, 1.807) is 6.92 Å². The Morgan fingerprint density at radius 3 is 2.78 bits per heavy atom. The van der Waals surface area contributed by atoms with Crippen LogP contribution in [0.4, 0.5) is 0 Å². The Hall–Kier alpha value is -0.170. The van der Waals surface area contributed by atoms with E-state index in [1.165, 1.54) is 0 Å². The second-order valence-electron chi connectivity index (χ2n) is 5.12. The van der Waals surface area contributed by atoms with Crippen molar-refractivity contribution in [2.75, 3.05) is 26.3 Å². The standard InChI is InChI=1S/C12H26N2O3S/c1-4-6-13-8-11(3)18(15,16)14-12-5-7-17-9-10(12)2/h10-14H,4-9H2,1-3H3. The molecule has 3 atom stereocenters. The first kappa shape index (κ1) is 15.9. The van der Waals surface area contributed by atoms with Crippen LogP contribution < -0.4 is 10.0 Å². The molecule has 1 saturated heterocycles. The summed E-state index contributed by atoms with van der Waals surface area (Å²) in [5.74, 6) is 0.240. The van der Waals surface area contributed by atoms with Crippen LogP contribution >= 0.6 is 0 Å². The first-order valence-corrected chi connectivity index (χ1v) is 8.31. The quantitative estimate of drug-likeness (QED) is 0.673. The van der Waals surface area contributed by atoms with Gasteiger partial charge in [-0.3, -0.25) is 0 Å². The highest BCUT2D eigenvalue weighted by Crippen LogP contribution is 2.15. The van der Waals surface area contributed by atoms with Crippen molar-refractivity contribution in [1.82, 2.24) is 10.0 Å². The van der Waals surface area contributed by atoms with Gasteiger partial charge in [-0.25, -0.2) is 13.1 Å². The Morgan fingerprint density at radius 2 is 2.17 bits per heavy atom. The average molecular weight is 278 g/mol. The molecule has 6 heteroatoms. The van der Waals surface area contributed by atoms with Gasteiger partial charge >= 0.3 is 0 Å². The van der Waals surface area contributed by atoms with E-state index in [1.807, 2.05) is 6.92 Å². The van der Waals surface area contributed by atoms with Crippen molar-refractivity contribution >= 4 is 10.0 Å². The van der Waals surface area contributed by atoms with Crippen LogP contribution in [0.3, 0.4) is 0 Å². The molecular formula is C12H26N2O3S. The van der Waals surface area contributed by atoms with Crippen molar-refractivity contribution in [3.8, 4) is 0 Å². The molecule has 0 bridgehead atoms. The molecule has 1 heterocycles. The fourth-order valence-corrected chi connectivity index (χ4v) is 3.32. The molecule has 1 aliphatic heterocycles. The summed E-state index contributed by atoms with van der Waals surface area (Å²) in [5, 5.41) is 2.74. The molecule has 0 aromatic heterocycles. The van der Waals surface area contributed by atoms with Crippen LogP contribution in [-0.2, 0) is 14.8 Å². The molecule has 108 valence electrons. The summed E-state index contributed by atoms with van der Waals surface area (Å²) in [5.41, 5.74) is 0. The van der Waals surface area contributed by atoms with Crippen molar-refractivity contribution in [3.05, 3.63) is 0 Å². The summed E-state index contributed by atoms with van der Waals surface area (Å²) in [7, 11) is -3.24. The molecule has 2 N–H and O–H groups in total. The van der Waals surface area contributed by atoms with Crippen molar-refractivity contribution in [3.63, 3.8) is 0 Å². The van der Waals surface area contributed by atoms with Gasteiger partial charge in [0, 0.05) is 19.2 Å². The van der Waals surface area contributed by atoms with Crippen LogP contribution in [0.15, 0.2) is 0 Å². The Morgan fingerprint density at radius 1 is 1.44 bits per heavy atom. The van der Waals surface area contributed by atoms with E-state index in [0.717, 1.165) is 19.4 Å². The molecule has 0 amide bonds. The van der Waals surface area contributed by atoms with E-state index in [9.17, 15) is 8.42 Å². The molecule has 1 rings (SSSR count). The molecular weight excluding hydrogens is 252 g/mol. The highest BCUT2D eigenvalue weighted by molar-refractivity contribution is 7.90. The Labute approximate surface area is 111 Å². The van der Waals surface area contributed by atoms with Crippen LogP contribution in [0, 0.1) is 5.92 Å². The lowest BCUT2D eigenvalue weighted by atomic mass is 9.99. The first-order valence-electron chi connectivity index (χ1n) is 6.77. The van der Waals surface area contributed by atoms with Gasteiger partial charge in [-0.2, -0.15) is 0 Å². The fraction of sp³-hybridized carbons (Fsp3) is 1.00. The van der Waals surface area contributed by atoms with Crippen molar-refractivity contribution in [2.45, 2.75) is 44.9 Å². The van der Waals surface area contributed by atoms with E-state index < -0.39 is 15.3 Å². The molecule has 1 fully saturated rings. The van der Waals surface area contributed by atoms with E-state index in [0.29, 0.717) is 19.8 Å². The van der Waals surface area contributed by atoms with Crippen LogP contribution in [0.25, 0.3) is 0 Å². The molecule has 0 aromatic rings. The summed E-state index contributed by atoms with van der Waals surface area (Å²) >= 11 is 0. The molecule has 0 radical (unpaired) electrons. The van der Waals surface area contributed by atoms with Gasteiger partial charge in [0.2, 0.25) is 10.0 Å². The highest BCUT2D eigenvalue weighted by atomic mass is 32.2. The van der Waals surface area contributed by atoms with Crippen LogP contribution in [0.5, 0.6) is 0 Å². The van der Waals surface area contributed by atoms with Crippen LogP contribution in [0.2, 0.25) is 0 Å². The van der Waals surface area contributed by atoms with Gasteiger partial charge in [-0.05, 0) is 32.2 Å². The lowest BCUT2D eigenvalue weighted by Crippen LogP contribution is -2.48. The molecule has 1 aliphatic rings. The zero-order chi connectivity index (χ0) is 13.6. The molecule has 5 nitrogen and oxygen atoms in total. The maximum absolute atomic E-state index is 12.1. The van der Waals surface area contributed by atoms with Crippen molar-refractivity contribution in [1.29, 1.82) is 0 Å². The zero-order valence-corrected chi connectivity index (χ0v) is 12.4. The number of hydrogen-bond donors (Lipinski definition) is 2. The van der Waals surface area contributed by atoms with Crippen molar-refractivity contribution < 1.29 is 13.2 Å². The van der Waals surface area contributed by atoms with Gasteiger partial charge in [0.05, 0.1) is 11.9 Å². The highest BCUT2D eigenvalue weighted by Gasteiger charge is 2.29. The third-order valence-corrected chi connectivity index (χ3v) is 5.20. The molecule has 18 heavy (non-hydrogen) atoms. The summed E-state index contributed by atoms with van der Waals surface area (Å²) in [6.45, 7) is 8.46. The minimum Gasteiger partial charge on any atom is -0.381 e. The normalized spacial score (nSPS) is 27.1. The molecule has 0 aromatic carbocycles. The average Bonchev–Trinajstić information content (AvgIpc) is 2.32. The second kappa shape index (κ2) is 7.43. The van der Waals surface area contributed by atoms with Gasteiger partial charge in [-0.15, -0.1) is 0 Å². The summed E-state index contributed by atoms with van der Waals surface area (Å²) in [6, 6.07) is 0.0115. The lowest BCUT2D eigenvalue weighted by molar-refractivity contribution is 0.0450. The third-order valence-electron chi connectivity index (χ3n) is 3.34. The van der Waals surface area contributed by atoms with Crippen molar-refractivity contribution in [2.24, 2.45) is 5.92 Å². The predicted octanol–water partition coefficient (Wildman–Crippen LogP) is 0.719. The Kier molecular flexibility index (Phi) is 6.55. The predicted molar refractivity (Wildman–Crippen MR) is 73.1 cm³/mol. The largest absolute Gasteiger partial charge is 0.381 e. The Balaban J connectivity index is 2.46. The van der Waals surface area contributed by atoms with E-state index in [4.69, 9.17) is 4.74 Å². The SMILES string of the molecule is CCCNCC(C)S(=O)(=O)NC1CCOCC1C. The smallest absolute Gasteiger partial charge is 0.215 e. The van der Waals surface area contributed by atoms with Crippen LogP contribution in [-0.4, -0.2) is 46.0 Å². The molecule has 0 saturated carbocycles. The minimum atomic E-state index is -3.24. The lowest BCUT2D eigenvalue weighted by Gasteiger charge is -2.30. The summed E-state index contributed by atoms with van der Waals surface area (Å²) in [6.07, 6.45) is 1.77. The van der Waals surface area contributed by atoms with Gasteiger partial charge in [-0.1, -0.05) is 13.8 Å². The monoisotopic (exact) mass is 278 g/mol. The van der Waals surface area contributed by atoms with Gasteiger partial charge in [0.15, 0.2) is 0 Å². The minimum absolute atomic E-state index is 0.0115. The number of nitrogens with one attached hydrogen (secondary N) is 2. The third kappa shape index (κ3) is 4.84. The van der Waals surface area contributed by atoms with E-state index in [-0.39, 0.29) is 12.0 Å². The Bertz CT molecular complexity index is 332. The van der Waals surface area contributed by atoms with E-state index >= 15 is 0 Å². The molecule has 0 spiro atoms. The number of ether oxygens (including phenoxy) is 1. The number of rotatable bonds is 7. The van der Waals surface area contributed by atoms with Gasteiger partial charge < -0.3 is 10.1 Å². The van der Waals surface area contributed by atoms with Crippen LogP contribution in [0.1, 0.15) is 33.6 Å². The molecule has 3 unspecified atom stereocenters. The maximum atomic E-state index is 12.1. The molecule has 0 aliphatic carbocycles. The van der Waals surface area contributed by atoms with Gasteiger partial charge in [0.25, 0.3) is 0 Å². The summed E-state index contributed by atoms with van der Waals surface area (Å²) < 4.78 is 32.4. The maximum Gasteiger partial charge on any atom is 0.215 e. The first-order chi connectivity index (χ1) is 8.47. The second-order valence-corrected chi connectivity index (χ2v) is 7.26. The van der Waals surface area contributed by atoms with E-state index in [2.05, 4.69) is 17.0 Å². The topological polar surface area (TPSA) is 67.4 Å². The zero-order valence-electron chi connectivity index (χ0n) is 11.6. The van der Waals surface area contributed by atoms with Gasteiger partial charge in [0.1, 0.15) is 0 Å². The number of hydrogen-bond acceptors (Lipinski definition) is 4.